The van der Waals surface area contributed by atoms with Crippen molar-refractivity contribution in [3.63, 3.8) is 0 Å². The minimum absolute atomic E-state index is 0.0249. The molecule has 15 heavy (non-hydrogen) atoms. The van der Waals surface area contributed by atoms with Gasteiger partial charge < -0.3 is 9.47 Å². The number of nitrogens with zero attached hydrogens (tertiary/aromatic N) is 1. The first-order chi connectivity index (χ1) is 7.15. The van der Waals surface area contributed by atoms with Crippen LogP contribution in [0.4, 0.5) is 5.69 Å². The fraction of sp³-hybridized carbons (Fsp3) is 0.333. The summed E-state index contributed by atoms with van der Waals surface area (Å²) in [7, 11) is 0. The molecule has 1 fully saturated rings. The zero-order valence-electron chi connectivity index (χ0n) is 7.68. The Morgan fingerprint density at radius 2 is 2.20 bits per heavy atom. The van der Waals surface area contributed by atoms with E-state index in [4.69, 9.17) is 21.1 Å². The normalized spacial score (nSPS) is 15.8. The van der Waals surface area contributed by atoms with E-state index in [1.165, 1.54) is 12.1 Å². The molecule has 0 N–H and O–H groups in total. The van der Waals surface area contributed by atoms with Crippen LogP contribution in [0.3, 0.4) is 0 Å². The van der Waals surface area contributed by atoms with Gasteiger partial charge in [-0.3, -0.25) is 10.1 Å². The summed E-state index contributed by atoms with van der Waals surface area (Å²) >= 11 is 5.72. The Bertz CT molecular complexity index is 392. The Morgan fingerprint density at radius 3 is 2.73 bits per heavy atom. The molecule has 1 aromatic rings. The Hall–Kier alpha value is -1.33. The van der Waals surface area contributed by atoms with Crippen molar-refractivity contribution in [2.75, 3.05) is 13.2 Å². The van der Waals surface area contributed by atoms with Crippen molar-refractivity contribution in [3.8, 4) is 5.75 Å². The Balaban J connectivity index is 2.18. The molecule has 80 valence electrons. The fourth-order valence-electron chi connectivity index (χ4n) is 1.20. The topological polar surface area (TPSA) is 61.6 Å². The van der Waals surface area contributed by atoms with Gasteiger partial charge in [-0.1, -0.05) is 11.6 Å². The van der Waals surface area contributed by atoms with Crippen LogP contribution in [-0.4, -0.2) is 24.2 Å². The van der Waals surface area contributed by atoms with Gasteiger partial charge in [-0.15, -0.1) is 0 Å². The third-order valence-corrected chi connectivity index (χ3v) is 2.20. The predicted octanol–water partition coefficient (Wildman–Crippen LogP) is 2.03. The monoisotopic (exact) mass is 229 g/mol. The molecule has 0 spiro atoms. The van der Waals surface area contributed by atoms with Gasteiger partial charge in [-0.05, 0) is 6.07 Å². The number of non-ortho nitro benzene ring substituents is 1. The van der Waals surface area contributed by atoms with Gasteiger partial charge in [0.1, 0.15) is 11.9 Å². The average Bonchev–Trinajstić information content (AvgIpc) is 2.10. The fourth-order valence-corrected chi connectivity index (χ4v) is 1.42. The van der Waals surface area contributed by atoms with Crippen molar-refractivity contribution in [1.29, 1.82) is 0 Å². The van der Waals surface area contributed by atoms with Gasteiger partial charge in [-0.2, -0.15) is 0 Å². The summed E-state index contributed by atoms with van der Waals surface area (Å²) in [5.41, 5.74) is -0.0715. The van der Waals surface area contributed by atoms with Crippen molar-refractivity contribution >= 4 is 17.3 Å². The number of hydrogen-bond donors (Lipinski definition) is 0. The van der Waals surface area contributed by atoms with E-state index in [1.807, 2.05) is 0 Å². The smallest absolute Gasteiger partial charge is 0.274 e. The molecule has 1 aliphatic heterocycles. The largest absolute Gasteiger partial charge is 0.485 e. The number of benzene rings is 1. The highest BCUT2D eigenvalue weighted by molar-refractivity contribution is 6.30. The van der Waals surface area contributed by atoms with Crippen molar-refractivity contribution in [3.05, 3.63) is 33.3 Å². The van der Waals surface area contributed by atoms with Crippen LogP contribution in [-0.2, 0) is 4.74 Å². The van der Waals surface area contributed by atoms with Gasteiger partial charge in [0.2, 0.25) is 0 Å². The van der Waals surface area contributed by atoms with E-state index in [1.54, 1.807) is 6.07 Å². The lowest BCUT2D eigenvalue weighted by Gasteiger charge is -2.26. The second-order valence-electron chi connectivity index (χ2n) is 3.18. The summed E-state index contributed by atoms with van der Waals surface area (Å²) < 4.78 is 10.3. The summed E-state index contributed by atoms with van der Waals surface area (Å²) in [6.07, 6.45) is -0.0249. The highest BCUT2D eigenvalue weighted by atomic mass is 35.5. The molecular formula is C9H8ClNO4. The van der Waals surface area contributed by atoms with E-state index in [-0.39, 0.29) is 11.8 Å². The van der Waals surface area contributed by atoms with E-state index >= 15 is 0 Å². The van der Waals surface area contributed by atoms with Crippen LogP contribution >= 0.6 is 11.6 Å². The highest BCUT2D eigenvalue weighted by Gasteiger charge is 2.21. The summed E-state index contributed by atoms with van der Waals surface area (Å²) in [4.78, 5) is 10.0. The standard InChI is InChI=1S/C9H8ClNO4/c10-6-1-7(11(12)13)3-8(2-6)15-9-4-14-5-9/h1-3,9H,4-5H2. The first-order valence-corrected chi connectivity index (χ1v) is 4.72. The minimum atomic E-state index is -0.504. The molecule has 0 amide bonds. The number of halogens is 1. The van der Waals surface area contributed by atoms with Crippen LogP contribution in [0.15, 0.2) is 18.2 Å². The van der Waals surface area contributed by atoms with Crippen molar-refractivity contribution < 1.29 is 14.4 Å². The van der Waals surface area contributed by atoms with Crippen LogP contribution in [0.25, 0.3) is 0 Å². The van der Waals surface area contributed by atoms with Crippen molar-refractivity contribution in [2.24, 2.45) is 0 Å². The quantitative estimate of drug-likeness (QED) is 0.588. The lowest BCUT2D eigenvalue weighted by atomic mass is 10.3. The van der Waals surface area contributed by atoms with Gasteiger partial charge in [-0.25, -0.2) is 0 Å². The Kier molecular flexibility index (Phi) is 2.75. The maximum Gasteiger partial charge on any atom is 0.274 e. The molecule has 0 bridgehead atoms. The summed E-state index contributed by atoms with van der Waals surface area (Å²) in [6, 6.07) is 4.18. The van der Waals surface area contributed by atoms with Gasteiger partial charge in [0.05, 0.1) is 29.2 Å². The third-order valence-electron chi connectivity index (χ3n) is 1.98. The molecule has 0 aromatic heterocycles. The maximum absolute atomic E-state index is 10.5. The lowest BCUT2D eigenvalue weighted by Crippen LogP contribution is -2.38. The van der Waals surface area contributed by atoms with Gasteiger partial charge in [0.25, 0.3) is 5.69 Å². The van der Waals surface area contributed by atoms with E-state index in [2.05, 4.69) is 0 Å². The minimum Gasteiger partial charge on any atom is -0.485 e. The molecule has 2 rings (SSSR count). The molecule has 0 radical (unpaired) electrons. The highest BCUT2D eigenvalue weighted by Crippen LogP contribution is 2.27. The zero-order chi connectivity index (χ0) is 10.8. The number of hydrogen-bond acceptors (Lipinski definition) is 4. The molecule has 0 saturated carbocycles. The maximum atomic E-state index is 10.5. The van der Waals surface area contributed by atoms with E-state index in [0.29, 0.717) is 24.0 Å². The molecule has 1 saturated heterocycles. The van der Waals surface area contributed by atoms with E-state index in [0.717, 1.165) is 0 Å². The van der Waals surface area contributed by atoms with E-state index in [9.17, 15) is 10.1 Å². The lowest BCUT2D eigenvalue weighted by molar-refractivity contribution is -0.385. The van der Waals surface area contributed by atoms with Crippen LogP contribution in [0.2, 0.25) is 5.02 Å². The number of nitro benzene ring substituents is 1. The summed E-state index contributed by atoms with van der Waals surface area (Å²) in [6.45, 7) is 1.03. The molecule has 1 heterocycles. The van der Waals surface area contributed by atoms with Crippen LogP contribution < -0.4 is 4.74 Å². The molecular weight excluding hydrogens is 222 g/mol. The van der Waals surface area contributed by atoms with Gasteiger partial charge in [0, 0.05) is 6.07 Å². The molecule has 5 nitrogen and oxygen atoms in total. The number of nitro groups is 1. The number of rotatable bonds is 3. The predicted molar refractivity (Wildman–Crippen MR) is 53.3 cm³/mol. The van der Waals surface area contributed by atoms with Gasteiger partial charge in [0.15, 0.2) is 0 Å². The third kappa shape index (κ3) is 2.37. The molecule has 0 atom stereocenters. The summed E-state index contributed by atoms with van der Waals surface area (Å²) in [5.74, 6) is 0.405. The zero-order valence-corrected chi connectivity index (χ0v) is 8.44. The number of ether oxygens (including phenoxy) is 2. The van der Waals surface area contributed by atoms with Crippen LogP contribution in [0, 0.1) is 10.1 Å². The molecule has 1 aromatic carbocycles. The van der Waals surface area contributed by atoms with E-state index < -0.39 is 4.92 Å². The van der Waals surface area contributed by atoms with Crippen LogP contribution in [0.1, 0.15) is 0 Å². The van der Waals surface area contributed by atoms with Crippen molar-refractivity contribution in [1.82, 2.24) is 0 Å². The molecule has 6 heteroatoms. The summed E-state index contributed by atoms with van der Waals surface area (Å²) in [5, 5.41) is 10.8. The second-order valence-corrected chi connectivity index (χ2v) is 3.62. The first-order valence-electron chi connectivity index (χ1n) is 4.34. The molecule has 0 unspecified atom stereocenters. The van der Waals surface area contributed by atoms with Crippen molar-refractivity contribution in [2.45, 2.75) is 6.10 Å². The first kappa shape index (κ1) is 10.2. The van der Waals surface area contributed by atoms with Gasteiger partial charge >= 0.3 is 0 Å². The van der Waals surface area contributed by atoms with Crippen LogP contribution in [0.5, 0.6) is 5.75 Å². The SMILES string of the molecule is O=[N+]([O-])c1cc(Cl)cc(OC2COC2)c1. The second kappa shape index (κ2) is 4.04. The molecule has 1 aliphatic rings. The Morgan fingerprint density at radius 1 is 1.47 bits per heavy atom. The molecule has 0 aliphatic carbocycles. The average molecular weight is 230 g/mol. The Labute approximate surface area is 90.7 Å².